The standard InChI is InChI=1S/C13H17ClO2/c1-8(2)12-7-11(14)6-10(5-9(3)15)13(12)16-4/h6-8H,5H2,1-4H3. The Hall–Kier alpha value is -1.02. The summed E-state index contributed by atoms with van der Waals surface area (Å²) in [6.07, 6.45) is 0.365. The third-order valence-corrected chi connectivity index (χ3v) is 2.64. The highest BCUT2D eigenvalue weighted by molar-refractivity contribution is 6.30. The van der Waals surface area contributed by atoms with Crippen molar-refractivity contribution in [3.63, 3.8) is 0 Å². The second-order valence-corrected chi connectivity index (χ2v) is 4.66. The van der Waals surface area contributed by atoms with E-state index in [0.29, 0.717) is 17.4 Å². The van der Waals surface area contributed by atoms with Gasteiger partial charge in [0.05, 0.1) is 7.11 Å². The quantitative estimate of drug-likeness (QED) is 0.804. The van der Waals surface area contributed by atoms with Gasteiger partial charge in [-0.15, -0.1) is 0 Å². The third-order valence-electron chi connectivity index (χ3n) is 2.42. The predicted molar refractivity (Wildman–Crippen MR) is 66.5 cm³/mol. The summed E-state index contributed by atoms with van der Waals surface area (Å²) >= 11 is 6.04. The molecule has 0 heterocycles. The number of ether oxygens (including phenoxy) is 1. The molecular formula is C13H17ClO2. The highest BCUT2D eigenvalue weighted by Gasteiger charge is 2.14. The molecule has 0 amide bonds. The number of rotatable bonds is 4. The Bertz CT molecular complexity index is 397. The lowest BCUT2D eigenvalue weighted by Gasteiger charge is -2.16. The number of carbonyl (C=O) groups excluding carboxylic acids is 1. The first kappa shape index (κ1) is 13.0. The van der Waals surface area contributed by atoms with Crippen LogP contribution in [0.15, 0.2) is 12.1 Å². The lowest BCUT2D eigenvalue weighted by atomic mass is 9.97. The van der Waals surface area contributed by atoms with Crippen LogP contribution in [-0.4, -0.2) is 12.9 Å². The van der Waals surface area contributed by atoms with Gasteiger partial charge in [-0.3, -0.25) is 4.79 Å². The van der Waals surface area contributed by atoms with Crippen molar-refractivity contribution in [1.29, 1.82) is 0 Å². The first-order valence-corrected chi connectivity index (χ1v) is 5.69. The Balaban J connectivity index is 3.29. The van der Waals surface area contributed by atoms with Crippen LogP contribution >= 0.6 is 11.6 Å². The molecule has 0 radical (unpaired) electrons. The van der Waals surface area contributed by atoms with Crippen molar-refractivity contribution >= 4 is 17.4 Å². The Morgan fingerprint density at radius 3 is 2.50 bits per heavy atom. The first-order chi connectivity index (χ1) is 7.45. The smallest absolute Gasteiger partial charge is 0.134 e. The Morgan fingerprint density at radius 2 is 2.06 bits per heavy atom. The number of halogens is 1. The second kappa shape index (κ2) is 5.35. The third kappa shape index (κ3) is 2.99. The fourth-order valence-electron chi connectivity index (χ4n) is 1.75. The molecule has 0 saturated carbocycles. The van der Waals surface area contributed by atoms with Gasteiger partial charge < -0.3 is 4.74 Å². The summed E-state index contributed by atoms with van der Waals surface area (Å²) in [4.78, 5) is 11.2. The summed E-state index contributed by atoms with van der Waals surface area (Å²) < 4.78 is 5.38. The summed E-state index contributed by atoms with van der Waals surface area (Å²) in [5.41, 5.74) is 1.91. The maximum atomic E-state index is 11.2. The van der Waals surface area contributed by atoms with Crippen molar-refractivity contribution in [2.24, 2.45) is 0 Å². The number of ketones is 1. The van der Waals surface area contributed by atoms with Crippen molar-refractivity contribution in [3.05, 3.63) is 28.3 Å². The van der Waals surface area contributed by atoms with Gasteiger partial charge in [0.2, 0.25) is 0 Å². The van der Waals surface area contributed by atoms with Crippen LogP contribution < -0.4 is 4.74 Å². The van der Waals surface area contributed by atoms with Gasteiger partial charge in [0.25, 0.3) is 0 Å². The number of methoxy groups -OCH3 is 1. The molecule has 1 aromatic carbocycles. The molecule has 0 aromatic heterocycles. The van der Waals surface area contributed by atoms with E-state index in [2.05, 4.69) is 13.8 Å². The Morgan fingerprint density at radius 1 is 1.44 bits per heavy atom. The van der Waals surface area contributed by atoms with Gasteiger partial charge in [0, 0.05) is 17.0 Å². The average molecular weight is 241 g/mol. The molecule has 1 rings (SSSR count). The summed E-state index contributed by atoms with van der Waals surface area (Å²) in [6.45, 7) is 5.72. The molecule has 0 aliphatic carbocycles. The molecule has 0 saturated heterocycles. The van der Waals surface area contributed by atoms with E-state index in [1.54, 1.807) is 20.1 Å². The largest absolute Gasteiger partial charge is 0.496 e. The van der Waals surface area contributed by atoms with Gasteiger partial charge >= 0.3 is 0 Å². The monoisotopic (exact) mass is 240 g/mol. The lowest BCUT2D eigenvalue weighted by Crippen LogP contribution is -2.03. The van der Waals surface area contributed by atoms with Gasteiger partial charge in [-0.05, 0) is 30.5 Å². The Labute approximate surface area is 102 Å². The SMILES string of the molecule is COc1c(CC(C)=O)cc(Cl)cc1C(C)C. The van der Waals surface area contributed by atoms with E-state index in [1.807, 2.05) is 6.07 Å². The molecule has 3 heteroatoms. The van der Waals surface area contributed by atoms with Crippen molar-refractivity contribution in [3.8, 4) is 5.75 Å². The number of carbonyl (C=O) groups is 1. The summed E-state index contributed by atoms with van der Waals surface area (Å²) in [5, 5.41) is 0.653. The van der Waals surface area contributed by atoms with E-state index >= 15 is 0 Å². The molecule has 16 heavy (non-hydrogen) atoms. The van der Waals surface area contributed by atoms with Crippen LogP contribution in [0.4, 0.5) is 0 Å². The Kier molecular flexibility index (Phi) is 4.36. The zero-order valence-corrected chi connectivity index (χ0v) is 10.9. The number of Topliss-reactive ketones (excluding diaryl/α,β-unsaturated/α-hetero) is 1. The van der Waals surface area contributed by atoms with E-state index in [-0.39, 0.29) is 5.78 Å². The fraction of sp³-hybridized carbons (Fsp3) is 0.462. The summed E-state index contributed by atoms with van der Waals surface area (Å²) in [5.74, 6) is 1.21. The van der Waals surface area contributed by atoms with Crippen LogP contribution in [0.1, 0.15) is 37.8 Å². The van der Waals surface area contributed by atoms with Crippen LogP contribution in [0.5, 0.6) is 5.75 Å². The topological polar surface area (TPSA) is 26.3 Å². The van der Waals surface area contributed by atoms with Gasteiger partial charge in [-0.25, -0.2) is 0 Å². The molecule has 2 nitrogen and oxygen atoms in total. The van der Waals surface area contributed by atoms with E-state index in [4.69, 9.17) is 16.3 Å². The molecule has 0 spiro atoms. The normalized spacial score (nSPS) is 10.6. The molecule has 0 N–H and O–H groups in total. The van der Waals surface area contributed by atoms with Crippen molar-refractivity contribution in [2.45, 2.75) is 33.1 Å². The highest BCUT2D eigenvalue weighted by Crippen LogP contribution is 2.33. The lowest BCUT2D eigenvalue weighted by molar-refractivity contribution is -0.116. The summed E-state index contributed by atoms with van der Waals surface area (Å²) in [7, 11) is 1.62. The first-order valence-electron chi connectivity index (χ1n) is 5.31. The highest BCUT2D eigenvalue weighted by atomic mass is 35.5. The maximum Gasteiger partial charge on any atom is 0.134 e. The van der Waals surface area contributed by atoms with E-state index in [0.717, 1.165) is 16.9 Å². The number of hydrogen-bond donors (Lipinski definition) is 0. The minimum atomic E-state index is 0.107. The van der Waals surface area contributed by atoms with Crippen LogP contribution in [-0.2, 0) is 11.2 Å². The van der Waals surface area contributed by atoms with Crippen LogP contribution in [0.25, 0.3) is 0 Å². The molecule has 0 atom stereocenters. The number of hydrogen-bond acceptors (Lipinski definition) is 2. The van der Waals surface area contributed by atoms with Gasteiger partial charge in [0.1, 0.15) is 11.5 Å². The average Bonchev–Trinajstić information content (AvgIpc) is 2.15. The minimum Gasteiger partial charge on any atom is -0.496 e. The van der Waals surface area contributed by atoms with Gasteiger partial charge in [0.15, 0.2) is 0 Å². The molecule has 1 aromatic rings. The van der Waals surface area contributed by atoms with Crippen LogP contribution in [0.2, 0.25) is 5.02 Å². The zero-order valence-electron chi connectivity index (χ0n) is 10.1. The molecule has 0 aliphatic heterocycles. The maximum absolute atomic E-state index is 11.2. The van der Waals surface area contributed by atoms with Crippen molar-refractivity contribution < 1.29 is 9.53 Å². The molecule has 0 aliphatic rings. The minimum absolute atomic E-state index is 0.107. The van der Waals surface area contributed by atoms with Crippen LogP contribution in [0, 0.1) is 0 Å². The molecule has 0 unspecified atom stereocenters. The molecule has 0 bridgehead atoms. The molecule has 88 valence electrons. The zero-order chi connectivity index (χ0) is 12.3. The number of benzene rings is 1. The fourth-order valence-corrected chi connectivity index (χ4v) is 2.00. The summed E-state index contributed by atoms with van der Waals surface area (Å²) in [6, 6.07) is 3.70. The van der Waals surface area contributed by atoms with Gasteiger partial charge in [-0.2, -0.15) is 0 Å². The van der Waals surface area contributed by atoms with E-state index < -0.39 is 0 Å². The molecule has 0 fully saturated rings. The van der Waals surface area contributed by atoms with E-state index in [9.17, 15) is 4.79 Å². The van der Waals surface area contributed by atoms with Crippen molar-refractivity contribution in [2.75, 3.05) is 7.11 Å². The molecular weight excluding hydrogens is 224 g/mol. The van der Waals surface area contributed by atoms with Crippen molar-refractivity contribution in [1.82, 2.24) is 0 Å². The van der Waals surface area contributed by atoms with Crippen LogP contribution in [0.3, 0.4) is 0 Å². The van der Waals surface area contributed by atoms with Gasteiger partial charge in [-0.1, -0.05) is 25.4 Å². The van der Waals surface area contributed by atoms with E-state index in [1.165, 1.54) is 0 Å². The predicted octanol–water partition coefficient (Wildman–Crippen LogP) is 3.60. The second-order valence-electron chi connectivity index (χ2n) is 4.22.